The van der Waals surface area contributed by atoms with Crippen LogP contribution < -0.4 is 0 Å². The topological polar surface area (TPSA) is 66.8 Å². The summed E-state index contributed by atoms with van der Waals surface area (Å²) in [7, 11) is 0. The lowest BCUT2D eigenvalue weighted by atomic mass is 9.81. The first-order valence-electron chi connectivity index (χ1n) is 7.96. The smallest absolute Gasteiger partial charge is 0.411 e. The van der Waals surface area contributed by atoms with Crippen LogP contribution in [0.5, 0.6) is 0 Å². The predicted octanol–water partition coefficient (Wildman–Crippen LogP) is 3.68. The summed E-state index contributed by atoms with van der Waals surface area (Å²) in [6.07, 6.45) is 1.01. The fraction of sp³-hybridized carbons (Fsp3) is 0.556. The number of ether oxygens (including phenoxy) is 1. The number of amides is 1. The SMILES string of the molecule is CC(C)N(C(=O)OCc1ccccc1)C(C)(C(=O)O)C1(C)CC1. The van der Waals surface area contributed by atoms with Crippen LogP contribution in [0.1, 0.15) is 46.1 Å². The Kier molecular flexibility index (Phi) is 4.68. The van der Waals surface area contributed by atoms with Gasteiger partial charge in [-0.2, -0.15) is 0 Å². The monoisotopic (exact) mass is 319 g/mol. The molecule has 126 valence electrons. The summed E-state index contributed by atoms with van der Waals surface area (Å²) in [6, 6.07) is 9.10. The first kappa shape index (κ1) is 17.3. The molecule has 1 atom stereocenters. The maximum absolute atomic E-state index is 12.6. The lowest BCUT2D eigenvalue weighted by Gasteiger charge is -2.44. The molecule has 0 heterocycles. The van der Waals surface area contributed by atoms with Gasteiger partial charge in [0.2, 0.25) is 0 Å². The first-order valence-corrected chi connectivity index (χ1v) is 7.96. The number of nitrogens with zero attached hydrogens (tertiary/aromatic N) is 1. The third kappa shape index (κ3) is 3.19. The Morgan fingerprint density at radius 3 is 2.30 bits per heavy atom. The zero-order valence-corrected chi connectivity index (χ0v) is 14.2. The highest BCUT2D eigenvalue weighted by Gasteiger charge is 2.62. The van der Waals surface area contributed by atoms with Gasteiger partial charge in [-0.05, 0) is 39.2 Å². The molecule has 2 rings (SSSR count). The zero-order valence-electron chi connectivity index (χ0n) is 14.2. The summed E-state index contributed by atoms with van der Waals surface area (Å²) in [5.41, 5.74) is -0.803. The number of hydrogen-bond donors (Lipinski definition) is 1. The third-order valence-electron chi connectivity index (χ3n) is 4.99. The lowest BCUT2D eigenvalue weighted by molar-refractivity contribution is -0.155. The van der Waals surface area contributed by atoms with E-state index >= 15 is 0 Å². The Labute approximate surface area is 137 Å². The van der Waals surface area contributed by atoms with E-state index in [2.05, 4.69) is 0 Å². The Hall–Kier alpha value is -2.04. The molecule has 0 saturated heterocycles. The van der Waals surface area contributed by atoms with Crippen molar-refractivity contribution < 1.29 is 19.4 Å². The molecule has 0 bridgehead atoms. The van der Waals surface area contributed by atoms with Gasteiger partial charge in [0.1, 0.15) is 12.1 Å². The molecule has 1 fully saturated rings. The van der Waals surface area contributed by atoms with Crippen LogP contribution in [0.15, 0.2) is 30.3 Å². The van der Waals surface area contributed by atoms with Gasteiger partial charge in [-0.15, -0.1) is 0 Å². The summed E-state index contributed by atoms with van der Waals surface area (Å²) in [6.45, 7) is 7.32. The summed E-state index contributed by atoms with van der Waals surface area (Å²) in [5.74, 6) is -0.983. The highest BCUT2D eigenvalue weighted by Crippen LogP contribution is 2.56. The van der Waals surface area contributed by atoms with Gasteiger partial charge in [0.15, 0.2) is 0 Å². The first-order chi connectivity index (χ1) is 10.7. The molecule has 1 amide bonds. The molecule has 5 heteroatoms. The molecule has 0 aliphatic heterocycles. The van der Waals surface area contributed by atoms with E-state index in [1.54, 1.807) is 6.92 Å². The van der Waals surface area contributed by atoms with Crippen molar-refractivity contribution in [1.82, 2.24) is 4.90 Å². The van der Waals surface area contributed by atoms with Crippen molar-refractivity contribution in [3.05, 3.63) is 35.9 Å². The molecule has 0 radical (unpaired) electrons. The molecular formula is C18H25NO4. The fourth-order valence-electron chi connectivity index (χ4n) is 3.02. The minimum absolute atomic E-state index is 0.134. The van der Waals surface area contributed by atoms with Crippen LogP contribution in [0, 0.1) is 5.41 Å². The summed E-state index contributed by atoms with van der Waals surface area (Å²) >= 11 is 0. The Morgan fingerprint density at radius 1 is 1.30 bits per heavy atom. The maximum atomic E-state index is 12.6. The van der Waals surface area contributed by atoms with Crippen LogP contribution in [-0.4, -0.2) is 33.6 Å². The average molecular weight is 319 g/mol. The minimum atomic E-state index is -1.27. The zero-order chi connectivity index (χ0) is 17.3. The Bertz CT molecular complexity index is 580. The molecule has 1 unspecified atom stereocenters. The third-order valence-corrected chi connectivity index (χ3v) is 4.99. The van der Waals surface area contributed by atoms with E-state index in [4.69, 9.17) is 4.74 Å². The van der Waals surface area contributed by atoms with Gasteiger partial charge in [0.05, 0.1) is 0 Å². The van der Waals surface area contributed by atoms with Crippen molar-refractivity contribution in [2.75, 3.05) is 0 Å². The highest BCUT2D eigenvalue weighted by molar-refractivity contribution is 5.86. The summed E-state index contributed by atoms with van der Waals surface area (Å²) in [5, 5.41) is 9.81. The molecule has 1 aromatic carbocycles. The molecule has 1 aliphatic carbocycles. The number of carboxylic acid groups (broad SMARTS) is 1. The summed E-state index contributed by atoms with van der Waals surface area (Å²) in [4.78, 5) is 26.0. The van der Waals surface area contributed by atoms with E-state index < -0.39 is 23.0 Å². The van der Waals surface area contributed by atoms with Gasteiger partial charge >= 0.3 is 12.1 Å². The van der Waals surface area contributed by atoms with Gasteiger partial charge in [-0.3, -0.25) is 4.90 Å². The van der Waals surface area contributed by atoms with Crippen LogP contribution in [0.4, 0.5) is 4.79 Å². The second kappa shape index (κ2) is 6.22. The number of hydrogen-bond acceptors (Lipinski definition) is 3. The standard InChI is InChI=1S/C18H25NO4/c1-13(2)19(18(4,15(20)21)17(3)10-11-17)16(22)23-12-14-8-6-5-7-9-14/h5-9,13H,10-12H2,1-4H3,(H,20,21). The van der Waals surface area contributed by atoms with Gasteiger partial charge in [-0.1, -0.05) is 37.3 Å². The van der Waals surface area contributed by atoms with Crippen molar-refractivity contribution in [3.63, 3.8) is 0 Å². The average Bonchev–Trinajstić information content (AvgIpc) is 3.25. The largest absolute Gasteiger partial charge is 0.479 e. The lowest BCUT2D eigenvalue weighted by Crippen LogP contribution is -2.62. The van der Waals surface area contributed by atoms with Crippen LogP contribution >= 0.6 is 0 Å². The molecule has 1 N–H and O–H groups in total. The highest BCUT2D eigenvalue weighted by atomic mass is 16.6. The van der Waals surface area contributed by atoms with Crippen LogP contribution in [0.2, 0.25) is 0 Å². The van der Waals surface area contributed by atoms with Crippen LogP contribution in [-0.2, 0) is 16.1 Å². The molecule has 0 spiro atoms. The quantitative estimate of drug-likeness (QED) is 0.868. The minimum Gasteiger partial charge on any atom is -0.479 e. The summed E-state index contributed by atoms with van der Waals surface area (Å²) < 4.78 is 5.39. The fourth-order valence-corrected chi connectivity index (χ4v) is 3.02. The second-order valence-corrected chi connectivity index (χ2v) is 6.94. The number of rotatable bonds is 6. The predicted molar refractivity (Wildman–Crippen MR) is 87.0 cm³/mol. The second-order valence-electron chi connectivity index (χ2n) is 6.94. The normalized spacial score (nSPS) is 18.1. The molecule has 1 saturated carbocycles. The van der Waals surface area contributed by atoms with Crippen molar-refractivity contribution in [2.24, 2.45) is 5.41 Å². The Morgan fingerprint density at radius 2 is 1.87 bits per heavy atom. The van der Waals surface area contributed by atoms with Gasteiger partial charge in [0.25, 0.3) is 0 Å². The van der Waals surface area contributed by atoms with E-state index in [1.165, 1.54) is 4.90 Å². The number of benzene rings is 1. The van der Waals surface area contributed by atoms with E-state index in [9.17, 15) is 14.7 Å². The molecule has 23 heavy (non-hydrogen) atoms. The number of carbonyl (C=O) groups excluding carboxylic acids is 1. The van der Waals surface area contributed by atoms with Gasteiger partial charge < -0.3 is 9.84 Å². The molecule has 0 aromatic heterocycles. The number of carbonyl (C=O) groups is 2. The number of carboxylic acids is 1. The Balaban J connectivity index is 2.20. The van der Waals surface area contributed by atoms with Gasteiger partial charge in [-0.25, -0.2) is 9.59 Å². The maximum Gasteiger partial charge on any atom is 0.411 e. The van der Waals surface area contributed by atoms with Crippen molar-refractivity contribution in [3.8, 4) is 0 Å². The van der Waals surface area contributed by atoms with Crippen LogP contribution in [0.3, 0.4) is 0 Å². The van der Waals surface area contributed by atoms with E-state index in [0.717, 1.165) is 18.4 Å². The molecule has 1 aliphatic rings. The van der Waals surface area contributed by atoms with Crippen LogP contribution in [0.25, 0.3) is 0 Å². The van der Waals surface area contributed by atoms with Crippen molar-refractivity contribution in [1.29, 1.82) is 0 Å². The molecule has 1 aromatic rings. The van der Waals surface area contributed by atoms with Gasteiger partial charge in [0, 0.05) is 11.5 Å². The van der Waals surface area contributed by atoms with Crippen molar-refractivity contribution in [2.45, 2.75) is 58.7 Å². The van der Waals surface area contributed by atoms with Crippen molar-refractivity contribution >= 4 is 12.1 Å². The van der Waals surface area contributed by atoms with E-state index in [0.29, 0.717) is 0 Å². The van der Waals surface area contributed by atoms with E-state index in [1.807, 2.05) is 51.1 Å². The van der Waals surface area contributed by atoms with E-state index in [-0.39, 0.29) is 12.6 Å². The number of aliphatic carboxylic acids is 1. The molecule has 5 nitrogen and oxygen atoms in total. The molecular weight excluding hydrogens is 294 g/mol.